The van der Waals surface area contributed by atoms with E-state index in [9.17, 15) is 4.79 Å². The van der Waals surface area contributed by atoms with Gasteiger partial charge in [-0.1, -0.05) is 0 Å². The molecule has 0 rings (SSSR count). The number of carbonyl (C=O) groups is 1. The van der Waals surface area contributed by atoms with Gasteiger partial charge in [-0.2, -0.15) is 0 Å². The van der Waals surface area contributed by atoms with Gasteiger partial charge in [-0.25, -0.2) is 0 Å². The Kier molecular flexibility index (Phi) is 5.78. The second kappa shape index (κ2) is 6.12. The van der Waals surface area contributed by atoms with Crippen molar-refractivity contribution in [2.75, 3.05) is 33.7 Å². The molecule has 0 spiro atoms. The third kappa shape index (κ3) is 7.29. The van der Waals surface area contributed by atoms with E-state index in [0.29, 0.717) is 6.42 Å². The van der Waals surface area contributed by atoms with Gasteiger partial charge in [-0.3, -0.25) is 4.79 Å². The Balaban J connectivity index is 3.22. The lowest BCUT2D eigenvalue weighted by atomic mass is 10.4. The molecule has 0 aromatic carbocycles. The quantitative estimate of drug-likeness (QED) is 0.523. The summed E-state index contributed by atoms with van der Waals surface area (Å²) in [5.41, 5.74) is 4.99. The minimum atomic E-state index is -0.235. The number of hydrogen-bond acceptors (Lipinski definition) is 3. The molecule has 0 bridgehead atoms. The van der Waals surface area contributed by atoms with Crippen LogP contribution in [0.4, 0.5) is 0 Å². The summed E-state index contributed by atoms with van der Waals surface area (Å²) in [6.07, 6.45) is 0.445. The number of primary amides is 1. The number of hydrogen-bond donors (Lipinski definition) is 2. The molecule has 0 atom stereocenters. The molecular formula is C7H17N3O. The SMILES string of the molecule is CNCCN(C)CCC(N)=O. The van der Waals surface area contributed by atoms with E-state index in [1.807, 2.05) is 14.1 Å². The van der Waals surface area contributed by atoms with Crippen molar-refractivity contribution in [1.29, 1.82) is 0 Å². The van der Waals surface area contributed by atoms with Crippen molar-refractivity contribution in [1.82, 2.24) is 10.2 Å². The molecule has 0 aromatic rings. The molecule has 0 aliphatic carbocycles. The summed E-state index contributed by atoms with van der Waals surface area (Å²) in [7, 11) is 3.88. The fourth-order valence-electron chi connectivity index (χ4n) is 0.716. The van der Waals surface area contributed by atoms with Crippen molar-refractivity contribution in [2.45, 2.75) is 6.42 Å². The normalized spacial score (nSPS) is 10.5. The predicted octanol–water partition coefficient (Wildman–Crippen LogP) is -0.987. The van der Waals surface area contributed by atoms with Crippen LogP contribution in [0.1, 0.15) is 6.42 Å². The Bertz CT molecular complexity index is 116. The predicted molar refractivity (Wildman–Crippen MR) is 45.2 cm³/mol. The van der Waals surface area contributed by atoms with E-state index < -0.39 is 0 Å². The Hall–Kier alpha value is -0.610. The fourth-order valence-corrected chi connectivity index (χ4v) is 0.716. The van der Waals surface area contributed by atoms with Gasteiger partial charge >= 0.3 is 0 Å². The van der Waals surface area contributed by atoms with Crippen LogP contribution in [-0.4, -0.2) is 44.5 Å². The van der Waals surface area contributed by atoms with Crippen LogP contribution in [0.3, 0.4) is 0 Å². The number of carbonyl (C=O) groups excluding carboxylic acids is 1. The summed E-state index contributed by atoms with van der Waals surface area (Å²) in [6, 6.07) is 0. The monoisotopic (exact) mass is 159 g/mol. The number of amides is 1. The maximum absolute atomic E-state index is 10.4. The van der Waals surface area contributed by atoms with Crippen LogP contribution < -0.4 is 11.1 Å². The molecule has 0 aromatic heterocycles. The summed E-state index contributed by atoms with van der Waals surface area (Å²) in [4.78, 5) is 12.4. The standard InChI is InChI=1S/C7H17N3O/c1-9-4-6-10(2)5-3-7(8)11/h9H,3-6H2,1-2H3,(H2,8,11). The van der Waals surface area contributed by atoms with Crippen molar-refractivity contribution >= 4 is 5.91 Å². The molecule has 11 heavy (non-hydrogen) atoms. The second-order valence-corrected chi connectivity index (χ2v) is 2.62. The van der Waals surface area contributed by atoms with E-state index >= 15 is 0 Å². The van der Waals surface area contributed by atoms with Crippen LogP contribution in [0.25, 0.3) is 0 Å². The highest BCUT2D eigenvalue weighted by molar-refractivity contribution is 5.73. The van der Waals surface area contributed by atoms with Crippen molar-refractivity contribution in [3.05, 3.63) is 0 Å². The van der Waals surface area contributed by atoms with Crippen molar-refractivity contribution in [3.63, 3.8) is 0 Å². The lowest BCUT2D eigenvalue weighted by molar-refractivity contribution is -0.118. The highest BCUT2D eigenvalue weighted by Crippen LogP contribution is 1.84. The van der Waals surface area contributed by atoms with Crippen LogP contribution in [0.5, 0.6) is 0 Å². The average molecular weight is 159 g/mol. The lowest BCUT2D eigenvalue weighted by Crippen LogP contribution is -2.30. The molecule has 3 N–H and O–H groups in total. The minimum absolute atomic E-state index is 0.235. The van der Waals surface area contributed by atoms with Crippen LogP contribution in [-0.2, 0) is 4.79 Å². The second-order valence-electron chi connectivity index (χ2n) is 2.62. The molecular weight excluding hydrogens is 142 g/mol. The summed E-state index contributed by atoms with van der Waals surface area (Å²) >= 11 is 0. The third-order valence-electron chi connectivity index (χ3n) is 1.48. The first kappa shape index (κ1) is 10.4. The van der Waals surface area contributed by atoms with Crippen LogP contribution in [0, 0.1) is 0 Å². The highest BCUT2D eigenvalue weighted by Gasteiger charge is 1.98. The molecule has 0 fully saturated rings. The summed E-state index contributed by atoms with van der Waals surface area (Å²) in [5, 5.41) is 3.03. The Morgan fingerprint density at radius 2 is 2.18 bits per heavy atom. The van der Waals surface area contributed by atoms with Crippen molar-refractivity contribution < 1.29 is 4.79 Å². The Morgan fingerprint density at radius 1 is 1.55 bits per heavy atom. The zero-order chi connectivity index (χ0) is 8.69. The van der Waals surface area contributed by atoms with E-state index in [1.54, 1.807) is 0 Å². The molecule has 0 heterocycles. The number of rotatable bonds is 6. The number of nitrogens with one attached hydrogen (secondary N) is 1. The van der Waals surface area contributed by atoms with Gasteiger partial charge < -0.3 is 16.0 Å². The zero-order valence-electron chi connectivity index (χ0n) is 7.26. The topological polar surface area (TPSA) is 58.4 Å². The van der Waals surface area contributed by atoms with Gasteiger partial charge in [0.25, 0.3) is 0 Å². The van der Waals surface area contributed by atoms with Crippen LogP contribution in [0.2, 0.25) is 0 Å². The van der Waals surface area contributed by atoms with E-state index in [0.717, 1.165) is 19.6 Å². The Labute approximate surface area is 67.7 Å². The van der Waals surface area contributed by atoms with Crippen molar-refractivity contribution in [3.8, 4) is 0 Å². The zero-order valence-corrected chi connectivity index (χ0v) is 7.26. The third-order valence-corrected chi connectivity index (χ3v) is 1.48. The highest BCUT2D eigenvalue weighted by atomic mass is 16.1. The fraction of sp³-hybridized carbons (Fsp3) is 0.857. The molecule has 0 aliphatic rings. The average Bonchev–Trinajstić information content (AvgIpc) is 1.97. The molecule has 66 valence electrons. The summed E-state index contributed by atoms with van der Waals surface area (Å²) in [5.74, 6) is -0.235. The van der Waals surface area contributed by atoms with Gasteiger partial charge in [-0.05, 0) is 14.1 Å². The minimum Gasteiger partial charge on any atom is -0.370 e. The van der Waals surface area contributed by atoms with Crippen LogP contribution >= 0.6 is 0 Å². The van der Waals surface area contributed by atoms with E-state index in [4.69, 9.17) is 5.73 Å². The number of nitrogens with two attached hydrogens (primary N) is 1. The molecule has 0 radical (unpaired) electrons. The maximum Gasteiger partial charge on any atom is 0.218 e. The molecule has 1 amide bonds. The number of nitrogens with zero attached hydrogens (tertiary/aromatic N) is 1. The molecule has 4 heteroatoms. The van der Waals surface area contributed by atoms with Crippen molar-refractivity contribution in [2.24, 2.45) is 5.73 Å². The lowest BCUT2D eigenvalue weighted by Gasteiger charge is -2.14. The van der Waals surface area contributed by atoms with Gasteiger partial charge in [0.1, 0.15) is 0 Å². The van der Waals surface area contributed by atoms with Gasteiger partial charge in [0, 0.05) is 26.1 Å². The van der Waals surface area contributed by atoms with Gasteiger partial charge in [0.15, 0.2) is 0 Å². The first-order valence-corrected chi connectivity index (χ1v) is 3.78. The molecule has 0 aliphatic heterocycles. The first-order valence-electron chi connectivity index (χ1n) is 3.78. The summed E-state index contributed by atoms with van der Waals surface area (Å²) in [6.45, 7) is 2.63. The largest absolute Gasteiger partial charge is 0.370 e. The molecule has 4 nitrogen and oxygen atoms in total. The van der Waals surface area contributed by atoms with Gasteiger partial charge in [0.2, 0.25) is 5.91 Å². The number of likely N-dealkylation sites (N-methyl/N-ethyl adjacent to an activating group) is 2. The van der Waals surface area contributed by atoms with E-state index in [1.165, 1.54) is 0 Å². The van der Waals surface area contributed by atoms with Gasteiger partial charge in [0.05, 0.1) is 0 Å². The molecule has 0 saturated heterocycles. The molecule has 0 saturated carbocycles. The first-order chi connectivity index (χ1) is 5.16. The van der Waals surface area contributed by atoms with E-state index in [2.05, 4.69) is 10.2 Å². The van der Waals surface area contributed by atoms with E-state index in [-0.39, 0.29) is 5.91 Å². The molecule has 0 unspecified atom stereocenters. The Morgan fingerprint density at radius 3 is 2.64 bits per heavy atom. The maximum atomic E-state index is 10.4. The smallest absolute Gasteiger partial charge is 0.218 e. The van der Waals surface area contributed by atoms with Gasteiger partial charge in [-0.15, -0.1) is 0 Å². The van der Waals surface area contributed by atoms with Crippen LogP contribution in [0.15, 0.2) is 0 Å². The summed E-state index contributed by atoms with van der Waals surface area (Å²) < 4.78 is 0.